The van der Waals surface area contributed by atoms with E-state index in [2.05, 4.69) is 16.8 Å². The number of hydrogen-bond donors (Lipinski definition) is 1. The van der Waals surface area contributed by atoms with Crippen molar-refractivity contribution in [3.63, 3.8) is 0 Å². The third-order valence-electron chi connectivity index (χ3n) is 6.29. The van der Waals surface area contributed by atoms with Crippen LogP contribution in [0.25, 0.3) is 0 Å². The first-order valence-corrected chi connectivity index (χ1v) is 10.1. The average molecular weight is 393 g/mol. The fourth-order valence-electron chi connectivity index (χ4n) is 4.34. The molecule has 3 saturated heterocycles. The number of nitrogens with zero attached hydrogens (tertiary/aromatic N) is 4. The molecule has 0 aromatic rings. The molecule has 0 aromatic carbocycles. The maximum absolute atomic E-state index is 12.8. The zero-order valence-electron chi connectivity index (χ0n) is 16.8. The molecule has 0 saturated carbocycles. The Bertz CT molecular complexity index is 646. The van der Waals surface area contributed by atoms with Crippen molar-refractivity contribution < 1.29 is 19.2 Å². The molecule has 3 aliphatic rings. The van der Waals surface area contributed by atoms with E-state index >= 15 is 0 Å². The van der Waals surface area contributed by atoms with E-state index in [0.29, 0.717) is 25.9 Å². The number of primary amides is 1. The monoisotopic (exact) mass is 393 g/mol. The van der Waals surface area contributed by atoms with Crippen LogP contribution < -0.4 is 5.73 Å². The zero-order chi connectivity index (χ0) is 20.4. The van der Waals surface area contributed by atoms with Gasteiger partial charge in [-0.25, -0.2) is 0 Å². The first-order chi connectivity index (χ1) is 13.3. The molecule has 3 rings (SSSR count). The van der Waals surface area contributed by atoms with E-state index in [9.17, 15) is 19.2 Å². The van der Waals surface area contributed by atoms with Crippen molar-refractivity contribution in [1.29, 1.82) is 0 Å². The van der Waals surface area contributed by atoms with E-state index in [1.54, 1.807) is 16.7 Å². The Morgan fingerprint density at radius 2 is 1.75 bits per heavy atom. The molecular formula is C19H31N5O4. The molecule has 0 aromatic heterocycles. The summed E-state index contributed by atoms with van der Waals surface area (Å²) in [7, 11) is 2.07. The minimum Gasteiger partial charge on any atom is -0.369 e. The normalized spacial score (nSPS) is 27.1. The van der Waals surface area contributed by atoms with Crippen molar-refractivity contribution in [2.45, 2.75) is 38.3 Å². The van der Waals surface area contributed by atoms with Crippen molar-refractivity contribution in [2.75, 3.05) is 52.9 Å². The highest BCUT2D eigenvalue weighted by atomic mass is 16.2. The van der Waals surface area contributed by atoms with Crippen LogP contribution in [0.1, 0.15) is 26.2 Å². The first kappa shape index (κ1) is 20.7. The summed E-state index contributed by atoms with van der Waals surface area (Å²) in [6.45, 7) is 6.15. The van der Waals surface area contributed by atoms with Gasteiger partial charge in [-0.15, -0.1) is 0 Å². The Balaban J connectivity index is 1.56. The van der Waals surface area contributed by atoms with Crippen molar-refractivity contribution in [2.24, 2.45) is 11.7 Å². The predicted molar refractivity (Wildman–Crippen MR) is 102 cm³/mol. The highest BCUT2D eigenvalue weighted by molar-refractivity contribution is 5.97. The second-order valence-corrected chi connectivity index (χ2v) is 8.30. The molecule has 3 heterocycles. The van der Waals surface area contributed by atoms with Crippen LogP contribution in [0.2, 0.25) is 0 Å². The van der Waals surface area contributed by atoms with Crippen molar-refractivity contribution in [1.82, 2.24) is 19.6 Å². The number of ketones is 1. The number of carbonyl (C=O) groups is 4. The maximum atomic E-state index is 12.8. The molecule has 28 heavy (non-hydrogen) atoms. The molecule has 0 radical (unpaired) electrons. The van der Waals surface area contributed by atoms with Crippen molar-refractivity contribution in [3.8, 4) is 0 Å². The van der Waals surface area contributed by atoms with Crippen molar-refractivity contribution in [3.05, 3.63) is 0 Å². The number of nitrogens with two attached hydrogens (primary N) is 1. The Morgan fingerprint density at radius 3 is 2.39 bits per heavy atom. The van der Waals surface area contributed by atoms with E-state index in [-0.39, 0.29) is 42.5 Å². The van der Waals surface area contributed by atoms with Gasteiger partial charge in [0.15, 0.2) is 5.78 Å². The second kappa shape index (κ2) is 8.57. The smallest absolute Gasteiger partial charge is 0.237 e. The van der Waals surface area contributed by atoms with E-state index in [0.717, 1.165) is 26.2 Å². The summed E-state index contributed by atoms with van der Waals surface area (Å²) in [5.41, 5.74) is 5.25. The second-order valence-electron chi connectivity index (χ2n) is 8.30. The van der Waals surface area contributed by atoms with Gasteiger partial charge in [-0.1, -0.05) is 6.92 Å². The van der Waals surface area contributed by atoms with Crippen LogP contribution in [0.4, 0.5) is 0 Å². The summed E-state index contributed by atoms with van der Waals surface area (Å²) in [4.78, 5) is 56.8. The number of likely N-dealkylation sites (N-methyl/N-ethyl adjacent to an activating group) is 1. The van der Waals surface area contributed by atoms with Gasteiger partial charge in [0.1, 0.15) is 6.04 Å². The largest absolute Gasteiger partial charge is 0.369 e. The average Bonchev–Trinajstić information content (AvgIpc) is 3.22. The first-order valence-electron chi connectivity index (χ1n) is 10.1. The summed E-state index contributed by atoms with van der Waals surface area (Å²) in [5, 5.41) is 0. The van der Waals surface area contributed by atoms with Gasteiger partial charge in [0.05, 0.1) is 19.1 Å². The zero-order valence-corrected chi connectivity index (χ0v) is 16.8. The van der Waals surface area contributed by atoms with Gasteiger partial charge >= 0.3 is 0 Å². The lowest BCUT2D eigenvalue weighted by molar-refractivity contribution is -0.136. The minimum atomic E-state index is -0.534. The van der Waals surface area contributed by atoms with E-state index < -0.39 is 11.9 Å². The molecule has 0 aliphatic carbocycles. The maximum Gasteiger partial charge on any atom is 0.237 e. The Kier molecular flexibility index (Phi) is 6.34. The molecule has 3 aliphatic heterocycles. The lowest BCUT2D eigenvalue weighted by atomic mass is 10.0. The van der Waals surface area contributed by atoms with Gasteiger partial charge in [0.25, 0.3) is 0 Å². The fourth-order valence-corrected chi connectivity index (χ4v) is 4.34. The molecule has 0 bridgehead atoms. The highest BCUT2D eigenvalue weighted by Gasteiger charge is 2.51. The van der Waals surface area contributed by atoms with Gasteiger partial charge in [-0.2, -0.15) is 0 Å². The summed E-state index contributed by atoms with van der Waals surface area (Å²) < 4.78 is 0. The summed E-state index contributed by atoms with van der Waals surface area (Å²) in [6.07, 6.45) is 1.19. The van der Waals surface area contributed by atoms with Crippen LogP contribution in [0.3, 0.4) is 0 Å². The standard InChI is InChI=1S/C19H31N5O4/c1-13(19(20)28)3-4-16(26)23-6-5-14-18(23)15(25)11-24(14)17(27)12-22-9-7-21(2)8-10-22/h13-14,18H,3-12H2,1-2H3,(H2,20,28). The molecule has 9 nitrogen and oxygen atoms in total. The molecule has 9 heteroatoms. The van der Waals surface area contributed by atoms with Gasteiger partial charge in [-0.05, 0) is 19.9 Å². The summed E-state index contributed by atoms with van der Waals surface area (Å²) >= 11 is 0. The Hall–Kier alpha value is -2.00. The van der Waals surface area contributed by atoms with Gasteiger partial charge in [0.2, 0.25) is 17.7 Å². The molecule has 156 valence electrons. The van der Waals surface area contributed by atoms with Crippen LogP contribution in [-0.2, 0) is 19.2 Å². The number of piperazine rings is 1. The topological polar surface area (TPSA) is 107 Å². The molecular weight excluding hydrogens is 362 g/mol. The van der Waals surface area contributed by atoms with Crippen LogP contribution >= 0.6 is 0 Å². The van der Waals surface area contributed by atoms with Crippen molar-refractivity contribution >= 4 is 23.5 Å². The number of likely N-dealkylation sites (tertiary alicyclic amines) is 2. The van der Waals surface area contributed by atoms with E-state index in [4.69, 9.17) is 5.73 Å². The van der Waals surface area contributed by atoms with Gasteiger partial charge < -0.3 is 20.4 Å². The molecule has 2 N–H and O–H groups in total. The lowest BCUT2D eigenvalue weighted by Gasteiger charge is -2.33. The lowest BCUT2D eigenvalue weighted by Crippen LogP contribution is -2.50. The number of amides is 3. The minimum absolute atomic E-state index is 0.0259. The molecule has 3 amide bonds. The third kappa shape index (κ3) is 4.35. The molecule has 3 fully saturated rings. The van der Waals surface area contributed by atoms with Gasteiger partial charge in [0, 0.05) is 45.1 Å². The number of hydrogen-bond acceptors (Lipinski definition) is 6. The highest BCUT2D eigenvalue weighted by Crippen LogP contribution is 2.30. The number of fused-ring (bicyclic) bond motifs is 1. The molecule has 3 unspecified atom stereocenters. The number of rotatable bonds is 6. The Labute approximate surface area is 165 Å². The van der Waals surface area contributed by atoms with Crippen LogP contribution in [-0.4, -0.2) is 108 Å². The van der Waals surface area contributed by atoms with Crippen LogP contribution in [0, 0.1) is 5.92 Å². The van der Waals surface area contributed by atoms with Crippen LogP contribution in [0.5, 0.6) is 0 Å². The summed E-state index contributed by atoms with van der Waals surface area (Å²) in [6, 6.07) is -0.752. The molecule has 0 spiro atoms. The van der Waals surface area contributed by atoms with Crippen LogP contribution in [0.15, 0.2) is 0 Å². The summed E-state index contributed by atoms with van der Waals surface area (Å²) in [5.74, 6) is -1.03. The number of carbonyl (C=O) groups excluding carboxylic acids is 4. The van der Waals surface area contributed by atoms with E-state index in [1.807, 2.05) is 0 Å². The van der Waals surface area contributed by atoms with E-state index in [1.165, 1.54) is 0 Å². The Morgan fingerprint density at radius 1 is 1.07 bits per heavy atom. The number of Topliss-reactive ketones (excluding diaryl/α,β-unsaturated/α-hetero) is 1. The quantitative estimate of drug-likeness (QED) is 0.590. The predicted octanol–water partition coefficient (Wildman–Crippen LogP) is -1.48. The SMILES string of the molecule is CC(CCC(=O)N1CCC2C1C(=O)CN2C(=O)CN1CCN(C)CC1)C(N)=O. The van der Waals surface area contributed by atoms with Gasteiger partial charge in [-0.3, -0.25) is 24.1 Å². The third-order valence-corrected chi connectivity index (χ3v) is 6.29. The molecule has 3 atom stereocenters. The fraction of sp³-hybridized carbons (Fsp3) is 0.789.